The molecule has 0 saturated carbocycles. The van der Waals surface area contributed by atoms with E-state index in [1.165, 1.54) is 103 Å². The van der Waals surface area contributed by atoms with Crippen molar-refractivity contribution in [2.24, 2.45) is 5.92 Å². The molecular formula is C20H41O-. The topological polar surface area (TPSA) is 23.1 Å². The molecule has 0 aromatic carbocycles. The van der Waals surface area contributed by atoms with Gasteiger partial charge in [0.2, 0.25) is 0 Å². The van der Waals surface area contributed by atoms with Crippen LogP contribution in [0.1, 0.15) is 117 Å². The van der Waals surface area contributed by atoms with E-state index >= 15 is 0 Å². The third kappa shape index (κ3) is 16.2. The highest BCUT2D eigenvalue weighted by atomic mass is 16.3. The largest absolute Gasteiger partial charge is 0.854 e. The van der Waals surface area contributed by atoms with Crippen molar-refractivity contribution in [2.75, 3.05) is 6.61 Å². The van der Waals surface area contributed by atoms with Gasteiger partial charge < -0.3 is 5.11 Å². The zero-order valence-electron chi connectivity index (χ0n) is 15.0. The van der Waals surface area contributed by atoms with Gasteiger partial charge in [0.05, 0.1) is 0 Å². The molecule has 0 aromatic rings. The molecule has 0 radical (unpaired) electrons. The van der Waals surface area contributed by atoms with Crippen LogP contribution in [0.25, 0.3) is 0 Å². The normalized spacial score (nSPS) is 12.7. The molecule has 0 spiro atoms. The molecular weight excluding hydrogens is 256 g/mol. The minimum absolute atomic E-state index is 0.158. The average molecular weight is 298 g/mol. The Morgan fingerprint density at radius 1 is 0.524 bits per heavy atom. The molecule has 0 aliphatic heterocycles. The predicted molar refractivity (Wildman–Crippen MR) is 93.6 cm³/mol. The lowest BCUT2D eigenvalue weighted by Gasteiger charge is -2.19. The van der Waals surface area contributed by atoms with Crippen LogP contribution in [0.15, 0.2) is 0 Å². The van der Waals surface area contributed by atoms with Gasteiger partial charge in [-0.3, -0.25) is 0 Å². The van der Waals surface area contributed by atoms with E-state index in [2.05, 4.69) is 13.8 Å². The molecule has 21 heavy (non-hydrogen) atoms. The van der Waals surface area contributed by atoms with Gasteiger partial charge in [0, 0.05) is 0 Å². The SMILES string of the molecule is CCCCCCCCCCC(C[O-])CCCCCCCC. The van der Waals surface area contributed by atoms with E-state index < -0.39 is 0 Å². The van der Waals surface area contributed by atoms with E-state index in [9.17, 15) is 5.11 Å². The van der Waals surface area contributed by atoms with Crippen LogP contribution in [0, 0.1) is 5.92 Å². The summed E-state index contributed by atoms with van der Waals surface area (Å²) in [5, 5.41) is 11.2. The molecule has 0 heterocycles. The lowest BCUT2D eigenvalue weighted by Crippen LogP contribution is -2.18. The number of unbranched alkanes of at least 4 members (excludes halogenated alkanes) is 12. The van der Waals surface area contributed by atoms with Crippen molar-refractivity contribution in [2.45, 2.75) is 117 Å². The van der Waals surface area contributed by atoms with Crippen molar-refractivity contribution in [1.82, 2.24) is 0 Å². The van der Waals surface area contributed by atoms with E-state index in [1.807, 2.05) is 0 Å². The Hall–Kier alpha value is -0.0400. The predicted octanol–water partition coefficient (Wildman–Crippen LogP) is 6.24. The molecule has 0 fully saturated rings. The maximum atomic E-state index is 11.2. The highest BCUT2D eigenvalue weighted by Crippen LogP contribution is 2.18. The summed E-state index contributed by atoms with van der Waals surface area (Å²) >= 11 is 0. The summed E-state index contributed by atoms with van der Waals surface area (Å²) in [6.07, 6.45) is 21.4. The van der Waals surface area contributed by atoms with Gasteiger partial charge >= 0.3 is 0 Å². The summed E-state index contributed by atoms with van der Waals surface area (Å²) in [6.45, 7) is 4.69. The number of hydrogen-bond donors (Lipinski definition) is 0. The molecule has 128 valence electrons. The zero-order valence-corrected chi connectivity index (χ0v) is 15.0. The van der Waals surface area contributed by atoms with Gasteiger partial charge in [-0.15, -0.1) is 6.61 Å². The van der Waals surface area contributed by atoms with Crippen LogP contribution in [-0.2, 0) is 0 Å². The molecule has 0 N–H and O–H groups in total. The Bertz CT molecular complexity index is 179. The van der Waals surface area contributed by atoms with Crippen LogP contribution in [0.2, 0.25) is 0 Å². The first-order chi connectivity index (χ1) is 10.3. The van der Waals surface area contributed by atoms with Crippen molar-refractivity contribution < 1.29 is 5.11 Å². The molecule has 1 nitrogen and oxygen atoms in total. The molecule has 0 aliphatic carbocycles. The highest BCUT2D eigenvalue weighted by molar-refractivity contribution is 4.59. The van der Waals surface area contributed by atoms with Gasteiger partial charge in [0.25, 0.3) is 0 Å². The number of rotatable bonds is 17. The van der Waals surface area contributed by atoms with E-state index in [4.69, 9.17) is 0 Å². The van der Waals surface area contributed by atoms with E-state index in [0.29, 0.717) is 5.92 Å². The quantitative estimate of drug-likeness (QED) is 0.291. The van der Waals surface area contributed by atoms with Gasteiger partial charge in [-0.05, 0) is 0 Å². The molecule has 0 bridgehead atoms. The smallest absolute Gasteiger partial charge is 0.0517 e. The van der Waals surface area contributed by atoms with Crippen LogP contribution in [0.4, 0.5) is 0 Å². The van der Waals surface area contributed by atoms with Crippen molar-refractivity contribution >= 4 is 0 Å². The summed E-state index contributed by atoms with van der Waals surface area (Å²) in [5.74, 6) is 0.469. The molecule has 1 heteroatoms. The average Bonchev–Trinajstić information content (AvgIpc) is 2.51. The van der Waals surface area contributed by atoms with Gasteiger partial charge in [0.1, 0.15) is 0 Å². The van der Waals surface area contributed by atoms with E-state index in [-0.39, 0.29) is 6.61 Å². The second kappa shape index (κ2) is 18.0. The Kier molecular flexibility index (Phi) is 18.0. The first-order valence-corrected chi connectivity index (χ1v) is 9.93. The second-order valence-corrected chi connectivity index (χ2v) is 6.85. The fourth-order valence-electron chi connectivity index (χ4n) is 3.09. The van der Waals surface area contributed by atoms with Crippen LogP contribution in [-0.4, -0.2) is 6.61 Å². The summed E-state index contributed by atoms with van der Waals surface area (Å²) in [7, 11) is 0. The van der Waals surface area contributed by atoms with Crippen LogP contribution < -0.4 is 5.11 Å². The summed E-state index contributed by atoms with van der Waals surface area (Å²) in [4.78, 5) is 0. The lowest BCUT2D eigenvalue weighted by molar-refractivity contribution is -0.379. The van der Waals surface area contributed by atoms with Crippen molar-refractivity contribution in [3.63, 3.8) is 0 Å². The molecule has 0 aliphatic rings. The fourth-order valence-corrected chi connectivity index (χ4v) is 3.09. The Labute approximate surface area is 134 Å². The van der Waals surface area contributed by atoms with Crippen molar-refractivity contribution in [1.29, 1.82) is 0 Å². The minimum Gasteiger partial charge on any atom is -0.854 e. The Morgan fingerprint density at radius 3 is 1.19 bits per heavy atom. The first-order valence-electron chi connectivity index (χ1n) is 9.93. The van der Waals surface area contributed by atoms with Gasteiger partial charge in [-0.25, -0.2) is 0 Å². The van der Waals surface area contributed by atoms with Crippen LogP contribution >= 0.6 is 0 Å². The van der Waals surface area contributed by atoms with Gasteiger partial charge in [0.15, 0.2) is 0 Å². The first kappa shape index (κ1) is 21.0. The van der Waals surface area contributed by atoms with Crippen molar-refractivity contribution in [3.05, 3.63) is 0 Å². The van der Waals surface area contributed by atoms with Crippen LogP contribution in [0.5, 0.6) is 0 Å². The summed E-state index contributed by atoms with van der Waals surface area (Å²) in [6, 6.07) is 0. The number of hydrogen-bond acceptors (Lipinski definition) is 1. The van der Waals surface area contributed by atoms with Crippen LogP contribution in [0.3, 0.4) is 0 Å². The van der Waals surface area contributed by atoms with Crippen molar-refractivity contribution in [3.8, 4) is 0 Å². The summed E-state index contributed by atoms with van der Waals surface area (Å²) in [5.41, 5.74) is 0. The lowest BCUT2D eigenvalue weighted by atomic mass is 9.95. The summed E-state index contributed by atoms with van der Waals surface area (Å²) < 4.78 is 0. The molecule has 0 amide bonds. The van der Waals surface area contributed by atoms with Gasteiger partial charge in [-0.2, -0.15) is 0 Å². The maximum absolute atomic E-state index is 11.2. The third-order valence-corrected chi connectivity index (χ3v) is 4.67. The standard InChI is InChI=1S/C20H41O/c1-3-5-7-9-11-12-14-16-18-20(19-21)17-15-13-10-8-6-4-2/h20H,3-19H2,1-2H3/q-1. The highest BCUT2D eigenvalue weighted by Gasteiger charge is 2.03. The Morgan fingerprint density at radius 2 is 0.857 bits per heavy atom. The zero-order chi connectivity index (χ0) is 15.6. The van der Waals surface area contributed by atoms with E-state index in [1.54, 1.807) is 0 Å². The second-order valence-electron chi connectivity index (χ2n) is 6.85. The fraction of sp³-hybridized carbons (Fsp3) is 1.00. The Balaban J connectivity index is 3.28. The van der Waals surface area contributed by atoms with Gasteiger partial charge in [-0.1, -0.05) is 122 Å². The molecule has 0 rings (SSSR count). The molecule has 1 unspecified atom stereocenters. The third-order valence-electron chi connectivity index (χ3n) is 4.67. The molecule has 1 atom stereocenters. The molecule has 0 aromatic heterocycles. The molecule has 0 saturated heterocycles. The van der Waals surface area contributed by atoms with E-state index in [0.717, 1.165) is 0 Å². The monoisotopic (exact) mass is 297 g/mol. The minimum atomic E-state index is 0.158. The maximum Gasteiger partial charge on any atom is -0.0517 e.